The lowest BCUT2D eigenvalue weighted by atomic mass is 10.0. The average Bonchev–Trinajstić information content (AvgIpc) is 3.00. The molecule has 4 heterocycles. The molecule has 0 saturated heterocycles. The zero-order chi connectivity index (χ0) is 28.7. The summed E-state index contributed by atoms with van der Waals surface area (Å²) >= 11 is 0. The van der Waals surface area contributed by atoms with Gasteiger partial charge in [-0.1, -0.05) is 48.6 Å². The zero-order valence-electron chi connectivity index (χ0n) is 25.1. The van der Waals surface area contributed by atoms with Crippen molar-refractivity contribution in [3.63, 3.8) is 0 Å². The Balaban J connectivity index is 1.16. The van der Waals surface area contributed by atoms with Gasteiger partial charge >= 0.3 is 0 Å². The largest absolute Gasteiger partial charge is 0.390 e. The molecule has 0 aromatic heterocycles. The first-order chi connectivity index (χ1) is 20.8. The average molecular weight is 571 g/mol. The molecular weight excluding hydrogens is 520 g/mol. The van der Waals surface area contributed by atoms with Crippen LogP contribution in [0.3, 0.4) is 0 Å². The summed E-state index contributed by atoms with van der Waals surface area (Å²) in [5.41, 5.74) is 8.27. The Hall–Kier alpha value is -3.30. The van der Waals surface area contributed by atoms with Crippen LogP contribution in [0.25, 0.3) is 0 Å². The van der Waals surface area contributed by atoms with Gasteiger partial charge in [-0.2, -0.15) is 0 Å². The SMILES string of the molecule is C1=C2/C=C\CNCCN(Cc3cccc(CN4CCN/C=C5\CNC=C(/C=C\CNCC4)C5)c3)CCN/C=C(\CN1)C2. The van der Waals surface area contributed by atoms with E-state index in [1.54, 1.807) is 0 Å². The Morgan fingerprint density at radius 2 is 1.07 bits per heavy atom. The first kappa shape index (κ1) is 30.2. The Morgan fingerprint density at radius 1 is 0.571 bits per heavy atom. The van der Waals surface area contributed by atoms with Crippen molar-refractivity contribution >= 4 is 0 Å². The van der Waals surface area contributed by atoms with Crippen LogP contribution in [-0.2, 0) is 13.1 Å². The molecule has 6 N–H and O–H groups in total. The minimum Gasteiger partial charge on any atom is -0.390 e. The van der Waals surface area contributed by atoms with Crippen molar-refractivity contribution in [3.05, 3.63) is 107 Å². The van der Waals surface area contributed by atoms with Gasteiger partial charge in [0.1, 0.15) is 0 Å². The highest BCUT2D eigenvalue weighted by Gasteiger charge is 2.11. The summed E-state index contributed by atoms with van der Waals surface area (Å²) in [6.45, 7) is 13.5. The van der Waals surface area contributed by atoms with Gasteiger partial charge in [0.2, 0.25) is 0 Å². The summed E-state index contributed by atoms with van der Waals surface area (Å²) in [6.07, 6.45) is 19.7. The van der Waals surface area contributed by atoms with Gasteiger partial charge in [-0.15, -0.1) is 0 Å². The fourth-order valence-electron chi connectivity index (χ4n) is 5.82. The fourth-order valence-corrected chi connectivity index (χ4v) is 5.82. The Bertz CT molecular complexity index is 1090. The third-order valence-electron chi connectivity index (χ3n) is 8.05. The van der Waals surface area contributed by atoms with Crippen LogP contribution < -0.4 is 31.9 Å². The van der Waals surface area contributed by atoms with Crippen LogP contribution in [0, 0.1) is 0 Å². The van der Waals surface area contributed by atoms with Gasteiger partial charge in [0.15, 0.2) is 0 Å². The number of fused-ring (bicyclic) bond motifs is 4. The lowest BCUT2D eigenvalue weighted by molar-refractivity contribution is 0.265. The van der Waals surface area contributed by atoms with Crippen LogP contribution in [0.15, 0.2) is 95.7 Å². The van der Waals surface area contributed by atoms with E-state index in [2.05, 4.69) is 115 Å². The molecule has 0 unspecified atom stereocenters. The second kappa shape index (κ2) is 17.0. The maximum absolute atomic E-state index is 3.60. The summed E-state index contributed by atoms with van der Waals surface area (Å²) < 4.78 is 0. The molecule has 0 radical (unpaired) electrons. The van der Waals surface area contributed by atoms with Crippen molar-refractivity contribution in [1.82, 2.24) is 41.7 Å². The lowest BCUT2D eigenvalue weighted by Crippen LogP contribution is -2.36. The zero-order valence-corrected chi connectivity index (χ0v) is 25.1. The number of nitrogens with zero attached hydrogens (tertiary/aromatic N) is 2. The molecule has 0 fully saturated rings. The monoisotopic (exact) mass is 570 g/mol. The molecule has 0 saturated carbocycles. The van der Waals surface area contributed by atoms with Crippen molar-refractivity contribution in [1.29, 1.82) is 0 Å². The second-order valence-corrected chi connectivity index (χ2v) is 11.7. The van der Waals surface area contributed by atoms with Gasteiger partial charge in [-0.05, 0) is 58.7 Å². The van der Waals surface area contributed by atoms with Crippen molar-refractivity contribution in [2.24, 2.45) is 0 Å². The molecule has 226 valence electrons. The van der Waals surface area contributed by atoms with Crippen LogP contribution in [0.1, 0.15) is 24.0 Å². The maximum atomic E-state index is 3.60. The summed E-state index contributed by atoms with van der Waals surface area (Å²) in [5.74, 6) is 0. The van der Waals surface area contributed by atoms with Gasteiger partial charge in [-0.3, -0.25) is 9.80 Å². The number of rotatable bonds is 4. The summed E-state index contributed by atoms with van der Waals surface area (Å²) in [4.78, 5) is 5.13. The third-order valence-corrected chi connectivity index (χ3v) is 8.05. The normalized spacial score (nSPS) is 25.9. The number of hydrogen-bond donors (Lipinski definition) is 6. The van der Waals surface area contributed by atoms with E-state index in [4.69, 9.17) is 0 Å². The highest BCUT2D eigenvalue weighted by Crippen LogP contribution is 2.16. The molecule has 0 amide bonds. The third kappa shape index (κ3) is 10.5. The van der Waals surface area contributed by atoms with Crippen molar-refractivity contribution < 1.29 is 0 Å². The van der Waals surface area contributed by atoms with E-state index in [-0.39, 0.29) is 0 Å². The van der Waals surface area contributed by atoms with E-state index in [0.717, 1.165) is 104 Å². The predicted molar refractivity (Wildman–Crippen MR) is 175 cm³/mol. The molecular formula is C34H50N8. The van der Waals surface area contributed by atoms with E-state index in [9.17, 15) is 0 Å². The number of allylic oxidation sites excluding steroid dienone is 4. The minimum atomic E-state index is 0.903. The smallest absolute Gasteiger partial charge is 0.0375 e. The van der Waals surface area contributed by atoms with E-state index in [1.165, 1.54) is 33.4 Å². The van der Waals surface area contributed by atoms with Gasteiger partial charge in [0, 0.05) is 104 Å². The maximum Gasteiger partial charge on any atom is 0.0375 e. The van der Waals surface area contributed by atoms with Crippen molar-refractivity contribution in [2.45, 2.75) is 25.9 Å². The van der Waals surface area contributed by atoms with Gasteiger partial charge in [0.25, 0.3) is 0 Å². The molecule has 1 aromatic rings. The highest BCUT2D eigenvalue weighted by atomic mass is 15.2. The van der Waals surface area contributed by atoms with Crippen molar-refractivity contribution in [3.8, 4) is 0 Å². The Kier molecular flexibility index (Phi) is 12.2. The molecule has 42 heavy (non-hydrogen) atoms. The van der Waals surface area contributed by atoms with Crippen molar-refractivity contribution in [2.75, 3.05) is 78.5 Å². The van der Waals surface area contributed by atoms with E-state index < -0.39 is 0 Å². The minimum absolute atomic E-state index is 0.903. The van der Waals surface area contributed by atoms with E-state index >= 15 is 0 Å². The topological polar surface area (TPSA) is 78.7 Å². The molecule has 4 aliphatic rings. The van der Waals surface area contributed by atoms with Gasteiger partial charge in [0.05, 0.1) is 0 Å². The van der Waals surface area contributed by atoms with E-state index in [1.807, 2.05) is 0 Å². The number of nitrogens with one attached hydrogen (secondary N) is 6. The second-order valence-electron chi connectivity index (χ2n) is 11.7. The molecule has 0 atom stereocenters. The predicted octanol–water partition coefficient (Wildman–Crippen LogP) is 2.31. The van der Waals surface area contributed by atoms with Crippen LogP contribution in [0.5, 0.6) is 0 Å². The summed E-state index contributed by atoms with van der Waals surface area (Å²) in [6, 6.07) is 9.22. The highest BCUT2D eigenvalue weighted by molar-refractivity contribution is 5.30. The van der Waals surface area contributed by atoms with Gasteiger partial charge in [-0.25, -0.2) is 0 Å². The fraction of sp³-hybridized carbons (Fsp3) is 0.471. The Labute approximate surface area is 252 Å². The molecule has 4 aliphatic heterocycles. The molecule has 0 aliphatic carbocycles. The summed E-state index contributed by atoms with van der Waals surface area (Å²) in [5, 5.41) is 21.2. The lowest BCUT2D eigenvalue weighted by Gasteiger charge is -2.25. The number of hydrogen-bond acceptors (Lipinski definition) is 8. The molecule has 8 nitrogen and oxygen atoms in total. The first-order valence-electron chi connectivity index (χ1n) is 15.7. The van der Waals surface area contributed by atoms with E-state index in [0.29, 0.717) is 0 Å². The van der Waals surface area contributed by atoms with Crippen LogP contribution in [0.4, 0.5) is 0 Å². The molecule has 5 rings (SSSR count). The van der Waals surface area contributed by atoms with Crippen LogP contribution in [-0.4, -0.2) is 88.3 Å². The molecule has 4 bridgehead atoms. The number of benzene rings is 1. The first-order valence-corrected chi connectivity index (χ1v) is 15.7. The quantitative estimate of drug-likeness (QED) is 0.330. The summed E-state index contributed by atoms with van der Waals surface area (Å²) in [7, 11) is 0. The molecule has 0 spiro atoms. The molecule has 1 aromatic carbocycles. The van der Waals surface area contributed by atoms with Crippen LogP contribution >= 0.6 is 0 Å². The van der Waals surface area contributed by atoms with Crippen LogP contribution in [0.2, 0.25) is 0 Å². The Morgan fingerprint density at radius 3 is 1.60 bits per heavy atom. The molecule has 8 heteroatoms. The van der Waals surface area contributed by atoms with Gasteiger partial charge < -0.3 is 31.9 Å². The standard InChI is InChI=1S/C34H50N8/c1-4-31(27-41-14-10-35-8-2-6-29-18-33(25-39-21-29)23-37-12-16-41)20-32(5-1)28-42-15-11-36-9-3-7-30-19-34(26-40-22-30)24-38-13-17-42/h1-7,20-24,35-40H,8-19,25-28H2/b6-2-,7-3-,33-23-,34-24-.